The Morgan fingerprint density at radius 2 is 1.80 bits per heavy atom. The Morgan fingerprint density at radius 3 is 2.47 bits per heavy atom. The van der Waals surface area contributed by atoms with Crippen molar-refractivity contribution in [2.75, 3.05) is 13.2 Å². The van der Waals surface area contributed by atoms with Crippen LogP contribution in [-0.4, -0.2) is 25.3 Å². The number of carbonyl (C=O) groups is 1. The molecule has 84 valence electrons. The first kappa shape index (κ1) is 10.8. The molecule has 1 aliphatic carbocycles. The third kappa shape index (κ3) is 1.74. The Morgan fingerprint density at radius 1 is 1.13 bits per heavy atom. The van der Waals surface area contributed by atoms with E-state index in [2.05, 4.69) is 6.92 Å². The number of rotatable bonds is 2. The van der Waals surface area contributed by atoms with E-state index in [1.54, 1.807) is 6.08 Å². The maximum Gasteiger partial charge on any atom is 0.177 e. The molecule has 1 heterocycles. The van der Waals surface area contributed by atoms with Crippen LogP contribution in [0.1, 0.15) is 32.6 Å². The topological polar surface area (TPSA) is 35.5 Å². The van der Waals surface area contributed by atoms with Gasteiger partial charge in [0, 0.05) is 11.8 Å². The first-order chi connectivity index (χ1) is 7.22. The quantitative estimate of drug-likeness (QED) is 0.517. The monoisotopic (exact) mass is 210 g/mol. The molecule has 0 aromatic rings. The number of hydrogen-bond acceptors (Lipinski definition) is 3. The molecule has 3 nitrogen and oxygen atoms in total. The van der Waals surface area contributed by atoms with E-state index >= 15 is 0 Å². The van der Waals surface area contributed by atoms with Gasteiger partial charge in [0.2, 0.25) is 0 Å². The molecule has 1 saturated heterocycles. The first-order valence-corrected chi connectivity index (χ1v) is 5.63. The van der Waals surface area contributed by atoms with Gasteiger partial charge in [0.1, 0.15) is 6.29 Å². The van der Waals surface area contributed by atoms with Gasteiger partial charge in [-0.15, -0.1) is 0 Å². The molecule has 1 atom stereocenters. The molecule has 0 bridgehead atoms. The maximum absolute atomic E-state index is 10.4. The SMILES string of the molecule is C[C@]1(/C=C/C=O)CCCCC12OCCO2. The zero-order valence-electron chi connectivity index (χ0n) is 9.20. The molecule has 2 aliphatic rings. The van der Waals surface area contributed by atoms with E-state index in [-0.39, 0.29) is 5.41 Å². The van der Waals surface area contributed by atoms with Crippen LogP contribution in [-0.2, 0) is 14.3 Å². The Balaban J connectivity index is 2.24. The van der Waals surface area contributed by atoms with Crippen molar-refractivity contribution in [3.05, 3.63) is 12.2 Å². The van der Waals surface area contributed by atoms with Crippen LogP contribution >= 0.6 is 0 Å². The number of aldehydes is 1. The maximum atomic E-state index is 10.4. The molecule has 3 heteroatoms. The van der Waals surface area contributed by atoms with Crippen molar-refractivity contribution in [2.45, 2.75) is 38.4 Å². The molecule has 1 spiro atoms. The summed E-state index contributed by atoms with van der Waals surface area (Å²) in [5.74, 6) is -0.467. The number of ether oxygens (including phenoxy) is 2. The van der Waals surface area contributed by atoms with Crippen LogP contribution in [0, 0.1) is 5.41 Å². The fraction of sp³-hybridized carbons (Fsp3) is 0.750. The highest BCUT2D eigenvalue weighted by molar-refractivity contribution is 5.64. The van der Waals surface area contributed by atoms with E-state index < -0.39 is 5.79 Å². The molecule has 0 N–H and O–H groups in total. The molecule has 0 aromatic carbocycles. The summed E-state index contributed by atoms with van der Waals surface area (Å²) in [7, 11) is 0. The number of allylic oxidation sites excluding steroid dienone is 1. The minimum atomic E-state index is -0.467. The summed E-state index contributed by atoms with van der Waals surface area (Å²) in [4.78, 5) is 10.4. The highest BCUT2D eigenvalue weighted by Gasteiger charge is 2.52. The fourth-order valence-electron chi connectivity index (χ4n) is 2.72. The van der Waals surface area contributed by atoms with E-state index in [4.69, 9.17) is 9.47 Å². The molecule has 0 aromatic heterocycles. The van der Waals surface area contributed by atoms with Crippen molar-refractivity contribution in [3.63, 3.8) is 0 Å². The van der Waals surface area contributed by atoms with Gasteiger partial charge < -0.3 is 9.47 Å². The van der Waals surface area contributed by atoms with Gasteiger partial charge in [-0.25, -0.2) is 0 Å². The molecule has 0 amide bonds. The van der Waals surface area contributed by atoms with Crippen LogP contribution in [0.25, 0.3) is 0 Å². The second-order valence-electron chi connectivity index (χ2n) is 4.57. The lowest BCUT2D eigenvalue weighted by Gasteiger charge is -2.46. The van der Waals surface area contributed by atoms with Crippen LogP contribution < -0.4 is 0 Å². The van der Waals surface area contributed by atoms with Crippen LogP contribution in [0.5, 0.6) is 0 Å². The standard InChI is InChI=1S/C12H18O3/c1-11(6-4-8-13)5-2-3-7-12(11)14-9-10-15-12/h4,6,8H,2-3,5,7,9-10H2,1H3/b6-4+/t11-/m1/s1. The Hall–Kier alpha value is -0.670. The molecular weight excluding hydrogens is 192 g/mol. The predicted octanol–water partition coefficient (Wildman–Crippen LogP) is 2.06. The second-order valence-corrected chi connectivity index (χ2v) is 4.57. The summed E-state index contributed by atoms with van der Waals surface area (Å²) in [6.07, 6.45) is 8.62. The summed E-state index contributed by atoms with van der Waals surface area (Å²) >= 11 is 0. The van der Waals surface area contributed by atoms with Gasteiger partial charge in [0.25, 0.3) is 0 Å². The summed E-state index contributed by atoms with van der Waals surface area (Å²) in [6.45, 7) is 3.46. The minimum absolute atomic E-state index is 0.150. The van der Waals surface area contributed by atoms with Gasteiger partial charge in [-0.2, -0.15) is 0 Å². The summed E-state index contributed by atoms with van der Waals surface area (Å²) in [5.41, 5.74) is -0.150. The molecule has 1 saturated carbocycles. The second kappa shape index (κ2) is 4.06. The van der Waals surface area contributed by atoms with Crippen molar-refractivity contribution in [1.29, 1.82) is 0 Å². The third-order valence-corrected chi connectivity index (χ3v) is 3.62. The lowest BCUT2D eigenvalue weighted by molar-refractivity contribution is -0.235. The first-order valence-electron chi connectivity index (χ1n) is 5.63. The van der Waals surface area contributed by atoms with Crippen molar-refractivity contribution >= 4 is 6.29 Å². The largest absolute Gasteiger partial charge is 0.347 e. The van der Waals surface area contributed by atoms with E-state index in [9.17, 15) is 4.79 Å². The van der Waals surface area contributed by atoms with Crippen LogP contribution in [0.15, 0.2) is 12.2 Å². The van der Waals surface area contributed by atoms with Gasteiger partial charge >= 0.3 is 0 Å². The van der Waals surface area contributed by atoms with E-state index in [1.165, 1.54) is 6.42 Å². The minimum Gasteiger partial charge on any atom is -0.347 e. The summed E-state index contributed by atoms with van der Waals surface area (Å²) < 4.78 is 11.6. The number of hydrogen-bond donors (Lipinski definition) is 0. The van der Waals surface area contributed by atoms with Gasteiger partial charge in [-0.1, -0.05) is 19.4 Å². The van der Waals surface area contributed by atoms with Gasteiger partial charge in [-0.3, -0.25) is 4.79 Å². The lowest BCUT2D eigenvalue weighted by Crippen LogP contribution is -2.48. The average Bonchev–Trinajstić information content (AvgIpc) is 2.71. The molecule has 0 unspecified atom stereocenters. The van der Waals surface area contributed by atoms with Crippen LogP contribution in [0.3, 0.4) is 0 Å². The third-order valence-electron chi connectivity index (χ3n) is 3.62. The number of carbonyl (C=O) groups excluding carboxylic acids is 1. The van der Waals surface area contributed by atoms with E-state index in [1.807, 2.05) is 6.08 Å². The van der Waals surface area contributed by atoms with Crippen LogP contribution in [0.4, 0.5) is 0 Å². The fourth-order valence-corrected chi connectivity index (χ4v) is 2.72. The zero-order valence-corrected chi connectivity index (χ0v) is 9.20. The van der Waals surface area contributed by atoms with Gasteiger partial charge in [0.15, 0.2) is 5.79 Å². The molecule has 2 rings (SSSR count). The smallest absolute Gasteiger partial charge is 0.177 e. The Kier molecular flexibility index (Phi) is 2.94. The summed E-state index contributed by atoms with van der Waals surface area (Å²) in [5, 5.41) is 0. The van der Waals surface area contributed by atoms with E-state index in [0.717, 1.165) is 25.5 Å². The molecule has 15 heavy (non-hydrogen) atoms. The van der Waals surface area contributed by atoms with Crippen molar-refractivity contribution < 1.29 is 14.3 Å². The zero-order chi connectivity index (χ0) is 10.8. The molecule has 2 fully saturated rings. The normalized spacial score (nSPS) is 35.0. The molecule has 1 aliphatic heterocycles. The van der Waals surface area contributed by atoms with Crippen molar-refractivity contribution in [1.82, 2.24) is 0 Å². The predicted molar refractivity (Wildman–Crippen MR) is 56.4 cm³/mol. The van der Waals surface area contributed by atoms with Crippen LogP contribution in [0.2, 0.25) is 0 Å². The lowest BCUT2D eigenvalue weighted by atomic mass is 9.70. The molecule has 0 radical (unpaired) electrons. The van der Waals surface area contributed by atoms with Crippen molar-refractivity contribution in [3.8, 4) is 0 Å². The Labute approximate surface area is 90.4 Å². The average molecular weight is 210 g/mol. The van der Waals surface area contributed by atoms with E-state index in [0.29, 0.717) is 13.2 Å². The Bertz CT molecular complexity index is 266. The highest BCUT2D eigenvalue weighted by atomic mass is 16.7. The highest BCUT2D eigenvalue weighted by Crippen LogP contribution is 2.50. The van der Waals surface area contributed by atoms with Crippen molar-refractivity contribution in [2.24, 2.45) is 5.41 Å². The molecular formula is C12H18O3. The summed E-state index contributed by atoms with van der Waals surface area (Å²) in [6, 6.07) is 0. The van der Waals surface area contributed by atoms with Gasteiger partial charge in [-0.05, 0) is 18.9 Å². The van der Waals surface area contributed by atoms with Gasteiger partial charge in [0.05, 0.1) is 13.2 Å².